The quantitative estimate of drug-likeness (QED) is 0.594. The van der Waals surface area contributed by atoms with Crippen molar-refractivity contribution in [1.29, 1.82) is 0 Å². The normalized spacial score (nSPS) is 10.5. The largest absolute Gasteiger partial charge is 0.467 e. The highest BCUT2D eigenvalue weighted by molar-refractivity contribution is 5.77. The van der Waals surface area contributed by atoms with Gasteiger partial charge in [-0.05, 0) is 18.9 Å². The minimum Gasteiger partial charge on any atom is -0.467 e. The van der Waals surface area contributed by atoms with Gasteiger partial charge in [0.25, 0.3) is 5.91 Å². The number of aryl methyl sites for hydroxylation is 1. The number of aromatic nitrogens is 2. The maximum absolute atomic E-state index is 12.6. The SMILES string of the molecule is CCc1cc(OCC(=O)N(CC)Cc2ccccc2)nc(-c2ccccc2)n1. The van der Waals surface area contributed by atoms with Crippen molar-refractivity contribution < 1.29 is 9.53 Å². The second-order valence-corrected chi connectivity index (χ2v) is 6.42. The van der Waals surface area contributed by atoms with E-state index < -0.39 is 0 Å². The fourth-order valence-electron chi connectivity index (χ4n) is 2.85. The minimum atomic E-state index is -0.0655. The van der Waals surface area contributed by atoms with Gasteiger partial charge in [0.05, 0.1) is 0 Å². The number of likely N-dealkylation sites (N-methyl/N-ethyl adjacent to an activating group) is 1. The lowest BCUT2D eigenvalue weighted by Crippen LogP contribution is -2.34. The molecule has 28 heavy (non-hydrogen) atoms. The van der Waals surface area contributed by atoms with Crippen molar-refractivity contribution in [3.8, 4) is 17.3 Å². The van der Waals surface area contributed by atoms with Crippen molar-refractivity contribution in [2.75, 3.05) is 13.2 Å². The lowest BCUT2D eigenvalue weighted by atomic mass is 10.2. The average Bonchev–Trinajstić information content (AvgIpc) is 2.76. The first-order valence-electron chi connectivity index (χ1n) is 9.57. The highest BCUT2D eigenvalue weighted by Gasteiger charge is 2.14. The van der Waals surface area contributed by atoms with Gasteiger partial charge < -0.3 is 9.64 Å². The maximum atomic E-state index is 12.6. The molecular weight excluding hydrogens is 350 g/mol. The van der Waals surface area contributed by atoms with Crippen molar-refractivity contribution in [1.82, 2.24) is 14.9 Å². The van der Waals surface area contributed by atoms with Gasteiger partial charge in [-0.25, -0.2) is 4.98 Å². The monoisotopic (exact) mass is 375 g/mol. The van der Waals surface area contributed by atoms with Gasteiger partial charge in [-0.3, -0.25) is 4.79 Å². The molecule has 3 rings (SSSR count). The summed E-state index contributed by atoms with van der Waals surface area (Å²) in [5.74, 6) is 0.970. The zero-order chi connectivity index (χ0) is 19.8. The Hall–Kier alpha value is -3.21. The molecule has 0 bridgehead atoms. The third-order valence-corrected chi connectivity index (χ3v) is 4.44. The van der Waals surface area contributed by atoms with Crippen LogP contribution in [0, 0.1) is 0 Å². The molecule has 0 atom stereocenters. The van der Waals surface area contributed by atoms with E-state index in [1.54, 1.807) is 11.0 Å². The summed E-state index contributed by atoms with van der Waals surface area (Å²) in [7, 11) is 0. The van der Waals surface area contributed by atoms with Crippen LogP contribution in [0.1, 0.15) is 25.1 Å². The molecule has 1 heterocycles. The van der Waals surface area contributed by atoms with Crippen molar-refractivity contribution in [2.45, 2.75) is 26.8 Å². The fraction of sp³-hybridized carbons (Fsp3) is 0.261. The molecule has 0 aliphatic heterocycles. The van der Waals surface area contributed by atoms with Crippen LogP contribution in [-0.2, 0) is 17.8 Å². The molecule has 1 aromatic heterocycles. The Morgan fingerprint density at radius 3 is 2.29 bits per heavy atom. The standard InChI is InChI=1S/C23H25N3O2/c1-3-20-15-21(25-23(24-20)19-13-9-6-10-14-19)28-17-22(27)26(4-2)16-18-11-7-5-8-12-18/h5-15H,3-4,16-17H2,1-2H3. The molecule has 0 radical (unpaired) electrons. The highest BCUT2D eigenvalue weighted by atomic mass is 16.5. The number of ether oxygens (including phenoxy) is 1. The second kappa shape index (κ2) is 9.65. The van der Waals surface area contributed by atoms with Crippen molar-refractivity contribution in [3.63, 3.8) is 0 Å². The molecule has 0 spiro atoms. The Morgan fingerprint density at radius 2 is 1.64 bits per heavy atom. The third kappa shape index (κ3) is 5.16. The Bertz CT molecular complexity index is 898. The maximum Gasteiger partial charge on any atom is 0.260 e. The molecule has 0 fully saturated rings. The molecule has 0 saturated heterocycles. The molecule has 5 heteroatoms. The summed E-state index contributed by atoms with van der Waals surface area (Å²) in [6.07, 6.45) is 0.766. The lowest BCUT2D eigenvalue weighted by molar-refractivity contribution is -0.133. The molecule has 0 aliphatic carbocycles. The molecule has 1 amide bonds. The number of rotatable bonds is 8. The Morgan fingerprint density at radius 1 is 0.964 bits per heavy atom. The van der Waals surface area contributed by atoms with E-state index in [4.69, 9.17) is 4.74 Å². The number of nitrogens with zero attached hydrogens (tertiary/aromatic N) is 3. The van der Waals surface area contributed by atoms with Crippen LogP contribution in [0.4, 0.5) is 0 Å². The molecule has 0 unspecified atom stereocenters. The van der Waals surface area contributed by atoms with Gasteiger partial charge in [0.15, 0.2) is 12.4 Å². The van der Waals surface area contributed by atoms with Crippen LogP contribution in [0.2, 0.25) is 0 Å². The molecule has 2 aromatic carbocycles. The van der Waals surface area contributed by atoms with E-state index in [9.17, 15) is 4.79 Å². The van der Waals surface area contributed by atoms with E-state index in [0.717, 1.165) is 23.2 Å². The predicted molar refractivity (Wildman–Crippen MR) is 110 cm³/mol. The lowest BCUT2D eigenvalue weighted by Gasteiger charge is -2.21. The number of carbonyl (C=O) groups excluding carboxylic acids is 1. The Balaban J connectivity index is 1.70. The van der Waals surface area contributed by atoms with E-state index in [0.29, 0.717) is 24.8 Å². The van der Waals surface area contributed by atoms with Gasteiger partial charge in [-0.15, -0.1) is 0 Å². The van der Waals surface area contributed by atoms with E-state index in [-0.39, 0.29) is 12.5 Å². The van der Waals surface area contributed by atoms with Gasteiger partial charge in [-0.2, -0.15) is 4.98 Å². The molecule has 3 aromatic rings. The zero-order valence-corrected chi connectivity index (χ0v) is 16.3. The molecular formula is C23H25N3O2. The predicted octanol–water partition coefficient (Wildman–Crippen LogP) is 4.13. The topological polar surface area (TPSA) is 55.3 Å². The van der Waals surface area contributed by atoms with Crippen LogP contribution < -0.4 is 4.74 Å². The number of hydrogen-bond donors (Lipinski definition) is 0. The van der Waals surface area contributed by atoms with Crippen LogP contribution in [0.15, 0.2) is 66.7 Å². The van der Waals surface area contributed by atoms with E-state index >= 15 is 0 Å². The van der Waals surface area contributed by atoms with Gasteiger partial charge in [0.1, 0.15) is 0 Å². The van der Waals surface area contributed by atoms with E-state index in [1.807, 2.05) is 74.5 Å². The van der Waals surface area contributed by atoms with Crippen molar-refractivity contribution >= 4 is 5.91 Å². The summed E-state index contributed by atoms with van der Waals surface area (Å²) < 4.78 is 5.75. The zero-order valence-electron chi connectivity index (χ0n) is 16.3. The molecule has 144 valence electrons. The van der Waals surface area contributed by atoms with Crippen molar-refractivity contribution in [2.24, 2.45) is 0 Å². The first-order chi connectivity index (χ1) is 13.7. The number of amides is 1. The highest BCUT2D eigenvalue weighted by Crippen LogP contribution is 2.19. The molecule has 5 nitrogen and oxygen atoms in total. The first-order valence-corrected chi connectivity index (χ1v) is 9.57. The Labute approximate surface area is 166 Å². The van der Waals surface area contributed by atoms with Crippen LogP contribution in [0.25, 0.3) is 11.4 Å². The summed E-state index contributed by atoms with van der Waals surface area (Å²) in [5.41, 5.74) is 2.90. The Kier molecular flexibility index (Phi) is 6.73. The van der Waals surface area contributed by atoms with Gasteiger partial charge in [0, 0.05) is 30.4 Å². The summed E-state index contributed by atoms with van der Waals surface area (Å²) in [4.78, 5) is 23.5. The van der Waals surface area contributed by atoms with E-state index in [1.165, 1.54) is 0 Å². The summed E-state index contributed by atoms with van der Waals surface area (Å²) in [6, 6.07) is 21.5. The third-order valence-electron chi connectivity index (χ3n) is 4.44. The number of carbonyl (C=O) groups is 1. The number of hydrogen-bond acceptors (Lipinski definition) is 4. The number of benzene rings is 2. The van der Waals surface area contributed by atoms with Crippen LogP contribution >= 0.6 is 0 Å². The van der Waals surface area contributed by atoms with Crippen LogP contribution in [0.3, 0.4) is 0 Å². The average molecular weight is 375 g/mol. The van der Waals surface area contributed by atoms with Gasteiger partial charge in [0.2, 0.25) is 5.88 Å². The van der Waals surface area contributed by atoms with Gasteiger partial charge in [-0.1, -0.05) is 67.6 Å². The smallest absolute Gasteiger partial charge is 0.260 e. The first kappa shape index (κ1) is 19.5. The second-order valence-electron chi connectivity index (χ2n) is 6.42. The van der Waals surface area contributed by atoms with Crippen LogP contribution in [0.5, 0.6) is 5.88 Å². The van der Waals surface area contributed by atoms with Crippen LogP contribution in [-0.4, -0.2) is 33.9 Å². The van der Waals surface area contributed by atoms with E-state index in [2.05, 4.69) is 9.97 Å². The fourth-order valence-corrected chi connectivity index (χ4v) is 2.85. The van der Waals surface area contributed by atoms with Crippen molar-refractivity contribution in [3.05, 3.63) is 78.0 Å². The van der Waals surface area contributed by atoms with Gasteiger partial charge >= 0.3 is 0 Å². The minimum absolute atomic E-state index is 0.0466. The summed E-state index contributed by atoms with van der Waals surface area (Å²) in [6.45, 7) is 5.14. The molecule has 0 aliphatic rings. The molecule has 0 N–H and O–H groups in total. The summed E-state index contributed by atoms with van der Waals surface area (Å²) in [5, 5.41) is 0. The summed E-state index contributed by atoms with van der Waals surface area (Å²) >= 11 is 0. The molecule has 0 saturated carbocycles.